The summed E-state index contributed by atoms with van der Waals surface area (Å²) in [5.41, 5.74) is -1.32. The lowest BCUT2D eigenvalue weighted by molar-refractivity contribution is -0.138. The van der Waals surface area contributed by atoms with E-state index in [0.717, 1.165) is 22.9 Å². The van der Waals surface area contributed by atoms with Gasteiger partial charge in [0, 0.05) is 24.6 Å². The van der Waals surface area contributed by atoms with E-state index in [1.54, 1.807) is 0 Å². The van der Waals surface area contributed by atoms with Crippen molar-refractivity contribution in [3.63, 3.8) is 0 Å². The first kappa shape index (κ1) is 14.1. The van der Waals surface area contributed by atoms with E-state index in [1.165, 1.54) is 0 Å². The maximum atomic E-state index is 12.4. The lowest BCUT2D eigenvalue weighted by atomic mass is 10.3. The Morgan fingerprint density at radius 2 is 2.00 bits per heavy atom. The molecular formula is C10H12F3NO2S. The summed E-state index contributed by atoms with van der Waals surface area (Å²) in [6.45, 7) is 0.676. The summed E-state index contributed by atoms with van der Waals surface area (Å²) >= 11 is 3.91. The molecule has 1 heterocycles. The first-order valence-corrected chi connectivity index (χ1v) is 5.54. The number of halogens is 3. The highest BCUT2D eigenvalue weighted by Crippen LogP contribution is 2.27. The molecule has 0 bridgehead atoms. The first-order valence-electron chi connectivity index (χ1n) is 4.91. The molecule has 3 nitrogen and oxygen atoms in total. The molecule has 1 aromatic heterocycles. The highest BCUT2D eigenvalue weighted by molar-refractivity contribution is 7.80. The number of alkyl halides is 3. The molecule has 0 aliphatic rings. The van der Waals surface area contributed by atoms with E-state index in [1.807, 2.05) is 0 Å². The molecule has 0 aromatic carbocycles. The van der Waals surface area contributed by atoms with Crippen LogP contribution in [0.2, 0.25) is 0 Å². The van der Waals surface area contributed by atoms with Gasteiger partial charge in [-0.25, -0.2) is 0 Å². The summed E-state index contributed by atoms with van der Waals surface area (Å²) in [6.07, 6.45) is -3.65. The molecule has 17 heavy (non-hydrogen) atoms. The lowest BCUT2D eigenvalue weighted by Gasteiger charge is -2.10. The summed E-state index contributed by atoms with van der Waals surface area (Å²) in [4.78, 5) is 11.3. The van der Waals surface area contributed by atoms with Gasteiger partial charge in [-0.05, 0) is 6.07 Å². The molecule has 0 saturated carbocycles. The number of ether oxygens (including phenoxy) is 1. The highest BCUT2D eigenvalue weighted by Gasteiger charge is 2.30. The molecule has 0 amide bonds. The van der Waals surface area contributed by atoms with Crippen molar-refractivity contribution < 1.29 is 17.9 Å². The summed E-state index contributed by atoms with van der Waals surface area (Å²) in [7, 11) is 0. The zero-order valence-electron chi connectivity index (χ0n) is 8.91. The second-order valence-corrected chi connectivity index (χ2v) is 3.73. The van der Waals surface area contributed by atoms with E-state index in [4.69, 9.17) is 4.74 Å². The summed E-state index contributed by atoms with van der Waals surface area (Å²) in [5, 5.41) is 0. The van der Waals surface area contributed by atoms with Gasteiger partial charge in [0.1, 0.15) is 0 Å². The minimum atomic E-state index is -4.44. The molecule has 0 radical (unpaired) electrons. The quantitative estimate of drug-likeness (QED) is 0.651. The van der Waals surface area contributed by atoms with Gasteiger partial charge < -0.3 is 9.30 Å². The maximum absolute atomic E-state index is 12.4. The fourth-order valence-electron chi connectivity index (χ4n) is 1.20. The molecule has 7 heteroatoms. The average molecular weight is 267 g/mol. The van der Waals surface area contributed by atoms with Crippen molar-refractivity contribution in [3.8, 4) is 0 Å². The lowest BCUT2D eigenvalue weighted by Crippen LogP contribution is -2.23. The van der Waals surface area contributed by atoms with Gasteiger partial charge in [-0.2, -0.15) is 25.8 Å². The van der Waals surface area contributed by atoms with E-state index in [0.29, 0.717) is 12.4 Å². The topological polar surface area (TPSA) is 31.2 Å². The molecule has 0 spiro atoms. The van der Waals surface area contributed by atoms with Gasteiger partial charge in [-0.15, -0.1) is 0 Å². The van der Waals surface area contributed by atoms with Crippen LogP contribution in [-0.4, -0.2) is 23.5 Å². The van der Waals surface area contributed by atoms with E-state index in [2.05, 4.69) is 12.6 Å². The Kier molecular flexibility index (Phi) is 5.07. The Labute approximate surface area is 102 Å². The van der Waals surface area contributed by atoms with E-state index >= 15 is 0 Å². The second kappa shape index (κ2) is 6.11. The number of pyridine rings is 1. The van der Waals surface area contributed by atoms with Gasteiger partial charge in [0.15, 0.2) is 0 Å². The van der Waals surface area contributed by atoms with Gasteiger partial charge in [-0.3, -0.25) is 4.79 Å². The molecule has 96 valence electrons. The predicted molar refractivity (Wildman–Crippen MR) is 60.4 cm³/mol. The molecular weight excluding hydrogens is 255 g/mol. The summed E-state index contributed by atoms with van der Waals surface area (Å²) in [6, 6.07) is 1.68. The van der Waals surface area contributed by atoms with Crippen LogP contribution < -0.4 is 5.56 Å². The molecule has 0 unspecified atom stereocenters. The molecule has 0 N–H and O–H groups in total. The summed E-state index contributed by atoms with van der Waals surface area (Å²) in [5.74, 6) is 0.525. The Hall–Kier alpha value is -0.950. The number of hydrogen-bond acceptors (Lipinski definition) is 3. The Morgan fingerprint density at radius 1 is 1.29 bits per heavy atom. The molecule has 0 fully saturated rings. The van der Waals surface area contributed by atoms with Crippen molar-refractivity contribution in [2.24, 2.45) is 0 Å². The van der Waals surface area contributed by atoms with Crippen LogP contribution in [0.15, 0.2) is 23.1 Å². The third kappa shape index (κ3) is 4.43. The van der Waals surface area contributed by atoms with Crippen molar-refractivity contribution in [3.05, 3.63) is 34.2 Å². The fraction of sp³-hybridized carbons (Fsp3) is 0.500. The van der Waals surface area contributed by atoms with Crippen LogP contribution in [0, 0.1) is 0 Å². The van der Waals surface area contributed by atoms with Crippen LogP contribution in [0.3, 0.4) is 0 Å². The van der Waals surface area contributed by atoms with Crippen molar-refractivity contribution in [1.82, 2.24) is 4.57 Å². The Bertz CT molecular complexity index is 417. The van der Waals surface area contributed by atoms with Crippen LogP contribution in [0.4, 0.5) is 13.2 Å². The molecule has 0 aliphatic heterocycles. The van der Waals surface area contributed by atoms with E-state index in [9.17, 15) is 18.0 Å². The third-order valence-corrected chi connectivity index (χ3v) is 2.21. The number of rotatable bonds is 5. The van der Waals surface area contributed by atoms with Gasteiger partial charge in [0.05, 0.1) is 18.8 Å². The number of hydrogen-bond donors (Lipinski definition) is 1. The third-order valence-electron chi connectivity index (χ3n) is 2.02. The molecule has 0 saturated heterocycles. The Morgan fingerprint density at radius 3 is 2.59 bits per heavy atom. The highest BCUT2D eigenvalue weighted by atomic mass is 32.1. The van der Waals surface area contributed by atoms with Gasteiger partial charge in [0.2, 0.25) is 0 Å². The van der Waals surface area contributed by atoms with Crippen LogP contribution in [0.1, 0.15) is 5.56 Å². The minimum Gasteiger partial charge on any atom is -0.379 e. The largest absolute Gasteiger partial charge is 0.417 e. The standard InChI is InChI=1S/C10H12F3NO2S/c11-10(12,13)8-1-2-9(15)14(7-8)3-4-16-5-6-17/h1-2,7,17H,3-6H2. The normalized spacial score (nSPS) is 11.8. The van der Waals surface area contributed by atoms with Crippen molar-refractivity contribution >= 4 is 12.6 Å². The second-order valence-electron chi connectivity index (χ2n) is 3.28. The van der Waals surface area contributed by atoms with Crippen molar-refractivity contribution in [2.45, 2.75) is 12.7 Å². The maximum Gasteiger partial charge on any atom is 0.417 e. The smallest absolute Gasteiger partial charge is 0.379 e. The first-order chi connectivity index (χ1) is 7.95. The molecule has 0 atom stereocenters. The predicted octanol–water partition coefficient (Wildman–Crippen LogP) is 1.81. The average Bonchev–Trinajstić information content (AvgIpc) is 2.25. The van der Waals surface area contributed by atoms with Crippen LogP contribution in [0.25, 0.3) is 0 Å². The Balaban J connectivity index is 2.74. The molecule has 1 aromatic rings. The van der Waals surface area contributed by atoms with Crippen molar-refractivity contribution in [2.75, 3.05) is 19.0 Å². The van der Waals surface area contributed by atoms with E-state index in [-0.39, 0.29) is 13.2 Å². The summed E-state index contributed by atoms with van der Waals surface area (Å²) < 4.78 is 43.2. The zero-order valence-corrected chi connectivity index (χ0v) is 9.80. The van der Waals surface area contributed by atoms with Crippen LogP contribution >= 0.6 is 12.6 Å². The number of thiol groups is 1. The van der Waals surface area contributed by atoms with Crippen molar-refractivity contribution in [1.29, 1.82) is 0 Å². The zero-order chi connectivity index (χ0) is 12.9. The minimum absolute atomic E-state index is 0.0938. The number of aromatic nitrogens is 1. The SMILES string of the molecule is O=c1ccc(C(F)(F)F)cn1CCOCCS. The van der Waals surface area contributed by atoms with Gasteiger partial charge in [0.25, 0.3) is 5.56 Å². The monoisotopic (exact) mass is 267 g/mol. The van der Waals surface area contributed by atoms with Gasteiger partial charge >= 0.3 is 6.18 Å². The number of nitrogens with zero attached hydrogens (tertiary/aromatic N) is 1. The van der Waals surface area contributed by atoms with Crippen LogP contribution in [0.5, 0.6) is 0 Å². The fourth-order valence-corrected chi connectivity index (χ4v) is 1.33. The molecule has 0 aliphatic carbocycles. The molecule has 1 rings (SSSR count). The van der Waals surface area contributed by atoms with Gasteiger partial charge in [-0.1, -0.05) is 0 Å². The van der Waals surface area contributed by atoms with E-state index < -0.39 is 17.3 Å². The van der Waals surface area contributed by atoms with Crippen LogP contribution in [-0.2, 0) is 17.5 Å².